The molecule has 0 aliphatic heterocycles. The third-order valence-electron chi connectivity index (χ3n) is 2.68. The van der Waals surface area contributed by atoms with E-state index in [9.17, 15) is 4.79 Å². The van der Waals surface area contributed by atoms with Gasteiger partial charge in [-0.1, -0.05) is 44.0 Å². The predicted molar refractivity (Wildman–Crippen MR) is 108 cm³/mol. The second-order valence-corrected chi connectivity index (χ2v) is 7.99. The Kier molecular flexibility index (Phi) is 7.26. The minimum absolute atomic E-state index is 0.106. The Morgan fingerprint density at radius 1 is 1.04 bits per heavy atom. The van der Waals surface area contributed by atoms with Crippen molar-refractivity contribution in [3.63, 3.8) is 0 Å². The van der Waals surface area contributed by atoms with Gasteiger partial charge in [-0.15, -0.1) is 0 Å². The molecule has 2 N–H and O–H groups in total. The van der Waals surface area contributed by atoms with Crippen molar-refractivity contribution in [1.82, 2.24) is 5.43 Å². The van der Waals surface area contributed by atoms with Gasteiger partial charge < -0.3 is 5.32 Å². The van der Waals surface area contributed by atoms with E-state index in [4.69, 9.17) is 0 Å². The van der Waals surface area contributed by atoms with Gasteiger partial charge in [-0.25, -0.2) is 5.43 Å². The zero-order valence-electron chi connectivity index (χ0n) is 11.6. The van der Waals surface area contributed by atoms with Crippen LogP contribution in [0.4, 0.5) is 5.69 Å². The molecule has 2 aromatic rings. The summed E-state index contributed by atoms with van der Waals surface area (Å²) in [6.45, 7) is 0.106. The van der Waals surface area contributed by atoms with Gasteiger partial charge in [0, 0.05) is 17.9 Å². The fraction of sp³-hybridized carbons (Fsp3) is 0.0667. The Balaban J connectivity index is 1.88. The van der Waals surface area contributed by atoms with Crippen LogP contribution in [-0.2, 0) is 4.79 Å². The number of hydrazone groups is 1. The van der Waals surface area contributed by atoms with Crippen LogP contribution < -0.4 is 10.7 Å². The lowest BCUT2D eigenvalue weighted by atomic mass is 10.2. The van der Waals surface area contributed by atoms with E-state index in [1.165, 1.54) is 0 Å². The summed E-state index contributed by atoms with van der Waals surface area (Å²) in [4.78, 5) is 11.8. The third-order valence-corrected chi connectivity index (χ3v) is 4.89. The molecular formula is C15H11Br4N3O. The minimum atomic E-state index is -0.238. The zero-order valence-corrected chi connectivity index (χ0v) is 18.0. The number of amides is 1. The van der Waals surface area contributed by atoms with Gasteiger partial charge in [0.1, 0.15) is 0 Å². The lowest BCUT2D eigenvalue weighted by molar-refractivity contribution is -0.119. The largest absolute Gasteiger partial charge is 0.374 e. The number of anilines is 1. The molecule has 0 bridgehead atoms. The SMILES string of the molecule is O=C(CNc1c(Br)cc(Br)cc1Br)N/N=C\c1cccc(Br)c1. The van der Waals surface area contributed by atoms with Crippen LogP contribution in [0.25, 0.3) is 0 Å². The van der Waals surface area contributed by atoms with Crippen LogP contribution in [0.1, 0.15) is 5.56 Å². The second kappa shape index (κ2) is 8.96. The average Bonchev–Trinajstić information content (AvgIpc) is 2.46. The molecule has 0 spiro atoms. The molecule has 23 heavy (non-hydrogen) atoms. The van der Waals surface area contributed by atoms with Crippen molar-refractivity contribution >= 4 is 81.5 Å². The van der Waals surface area contributed by atoms with Crippen LogP contribution in [-0.4, -0.2) is 18.7 Å². The van der Waals surface area contributed by atoms with Gasteiger partial charge in [0.05, 0.1) is 18.4 Å². The average molecular weight is 569 g/mol. The van der Waals surface area contributed by atoms with Crippen molar-refractivity contribution in [2.45, 2.75) is 0 Å². The summed E-state index contributed by atoms with van der Waals surface area (Å²) in [5.41, 5.74) is 4.18. The summed E-state index contributed by atoms with van der Waals surface area (Å²) < 4.78 is 3.60. The van der Waals surface area contributed by atoms with E-state index in [0.717, 1.165) is 29.1 Å². The number of hydrogen-bond donors (Lipinski definition) is 2. The molecule has 0 fully saturated rings. The summed E-state index contributed by atoms with van der Waals surface area (Å²) in [5, 5.41) is 7.00. The molecule has 0 atom stereocenters. The maximum absolute atomic E-state index is 11.8. The fourth-order valence-electron chi connectivity index (χ4n) is 1.68. The maximum Gasteiger partial charge on any atom is 0.259 e. The maximum atomic E-state index is 11.8. The van der Waals surface area contributed by atoms with Crippen molar-refractivity contribution in [3.8, 4) is 0 Å². The minimum Gasteiger partial charge on any atom is -0.374 e. The van der Waals surface area contributed by atoms with Crippen LogP contribution in [0.5, 0.6) is 0 Å². The Bertz CT molecular complexity index is 726. The van der Waals surface area contributed by atoms with E-state index in [0.29, 0.717) is 0 Å². The highest BCUT2D eigenvalue weighted by molar-refractivity contribution is 9.11. The lowest BCUT2D eigenvalue weighted by Gasteiger charge is -2.10. The molecule has 0 unspecified atom stereocenters. The molecule has 0 aromatic heterocycles. The zero-order chi connectivity index (χ0) is 16.8. The van der Waals surface area contributed by atoms with Crippen LogP contribution in [0.15, 0.2) is 59.4 Å². The summed E-state index contributed by atoms with van der Waals surface area (Å²) >= 11 is 13.7. The molecule has 2 aromatic carbocycles. The number of benzene rings is 2. The number of nitrogens with one attached hydrogen (secondary N) is 2. The predicted octanol–water partition coefficient (Wildman–Crippen LogP) is 5.30. The van der Waals surface area contributed by atoms with Gasteiger partial charge in [-0.3, -0.25) is 4.79 Å². The highest BCUT2D eigenvalue weighted by Gasteiger charge is 2.08. The van der Waals surface area contributed by atoms with Gasteiger partial charge in [0.15, 0.2) is 0 Å². The molecule has 0 aliphatic carbocycles. The molecule has 0 saturated carbocycles. The van der Waals surface area contributed by atoms with Crippen LogP contribution in [0.2, 0.25) is 0 Å². The third kappa shape index (κ3) is 6.02. The van der Waals surface area contributed by atoms with Gasteiger partial charge in [-0.05, 0) is 61.7 Å². The van der Waals surface area contributed by atoms with Gasteiger partial charge in [0.2, 0.25) is 0 Å². The molecule has 0 saturated heterocycles. The van der Waals surface area contributed by atoms with Crippen LogP contribution in [0, 0.1) is 0 Å². The molecule has 0 radical (unpaired) electrons. The molecule has 120 valence electrons. The first-order chi connectivity index (χ1) is 11.0. The van der Waals surface area contributed by atoms with Crippen molar-refractivity contribution in [2.75, 3.05) is 11.9 Å². The number of halogens is 4. The van der Waals surface area contributed by atoms with Crippen molar-refractivity contribution < 1.29 is 4.79 Å². The number of carbonyl (C=O) groups excluding carboxylic acids is 1. The Morgan fingerprint density at radius 3 is 2.39 bits per heavy atom. The van der Waals surface area contributed by atoms with Crippen molar-refractivity contribution in [2.24, 2.45) is 5.10 Å². The van der Waals surface area contributed by atoms with Crippen LogP contribution >= 0.6 is 63.7 Å². The first kappa shape index (κ1) is 18.6. The summed E-state index contributed by atoms with van der Waals surface area (Å²) in [6, 6.07) is 11.4. The van der Waals surface area contributed by atoms with Gasteiger partial charge >= 0.3 is 0 Å². The smallest absolute Gasteiger partial charge is 0.259 e. The Hall–Kier alpha value is -0.700. The van der Waals surface area contributed by atoms with Gasteiger partial charge in [-0.2, -0.15) is 5.10 Å². The first-order valence-electron chi connectivity index (χ1n) is 6.41. The molecule has 0 heterocycles. The number of rotatable bonds is 5. The monoisotopic (exact) mass is 565 g/mol. The van der Waals surface area contributed by atoms with Crippen LogP contribution in [0.3, 0.4) is 0 Å². The Morgan fingerprint density at radius 2 is 1.74 bits per heavy atom. The molecule has 8 heteroatoms. The van der Waals surface area contributed by atoms with E-state index in [-0.39, 0.29) is 12.5 Å². The molecular weight excluding hydrogens is 558 g/mol. The summed E-state index contributed by atoms with van der Waals surface area (Å²) in [7, 11) is 0. The number of nitrogens with zero attached hydrogens (tertiary/aromatic N) is 1. The lowest BCUT2D eigenvalue weighted by Crippen LogP contribution is -2.26. The first-order valence-corrected chi connectivity index (χ1v) is 9.59. The molecule has 2 rings (SSSR count). The fourth-order valence-corrected chi connectivity index (χ4v) is 4.64. The topological polar surface area (TPSA) is 53.5 Å². The molecule has 0 aliphatic rings. The van der Waals surface area contributed by atoms with Crippen molar-refractivity contribution in [3.05, 3.63) is 59.9 Å². The highest BCUT2D eigenvalue weighted by Crippen LogP contribution is 2.34. The quantitative estimate of drug-likeness (QED) is 0.380. The second-order valence-electron chi connectivity index (χ2n) is 4.45. The summed E-state index contributed by atoms with van der Waals surface area (Å²) in [6.07, 6.45) is 1.59. The van der Waals surface area contributed by atoms with Crippen molar-refractivity contribution in [1.29, 1.82) is 0 Å². The molecule has 4 nitrogen and oxygen atoms in total. The number of hydrogen-bond acceptors (Lipinski definition) is 3. The normalized spacial score (nSPS) is 10.8. The highest BCUT2D eigenvalue weighted by atomic mass is 79.9. The van der Waals surface area contributed by atoms with E-state index in [1.54, 1.807) is 6.21 Å². The van der Waals surface area contributed by atoms with E-state index >= 15 is 0 Å². The van der Waals surface area contributed by atoms with E-state index in [2.05, 4.69) is 79.6 Å². The van der Waals surface area contributed by atoms with E-state index in [1.807, 2.05) is 36.4 Å². The number of carbonyl (C=O) groups is 1. The Labute approximate surface area is 167 Å². The van der Waals surface area contributed by atoms with E-state index < -0.39 is 0 Å². The van der Waals surface area contributed by atoms with Gasteiger partial charge in [0.25, 0.3) is 5.91 Å². The standard InChI is InChI=1S/C15H11Br4N3O/c16-10-3-1-2-9(4-10)7-21-22-14(23)8-20-15-12(18)5-11(17)6-13(15)19/h1-7,20H,8H2,(H,22,23)/b21-7-. The summed E-state index contributed by atoms with van der Waals surface area (Å²) in [5.74, 6) is -0.238. The molecule has 1 amide bonds.